The zero-order valence-electron chi connectivity index (χ0n) is 20.1. The summed E-state index contributed by atoms with van der Waals surface area (Å²) in [5, 5.41) is 1.57. The molecule has 0 bridgehead atoms. The van der Waals surface area contributed by atoms with Gasteiger partial charge in [-0.05, 0) is 64.9 Å². The fourth-order valence-electron chi connectivity index (χ4n) is 3.04. The van der Waals surface area contributed by atoms with Crippen molar-refractivity contribution in [2.45, 2.75) is 6.42 Å². The largest absolute Gasteiger partial charge is 0.425 e. The predicted octanol–water partition coefficient (Wildman–Crippen LogP) is 4.94. The minimum absolute atomic E-state index is 0.0850. The Morgan fingerprint density at radius 3 is 2.34 bits per heavy atom. The first-order chi connectivity index (χ1) is 18.3. The molecule has 0 radical (unpaired) electrons. The lowest BCUT2D eigenvalue weighted by Gasteiger charge is -2.07. The minimum atomic E-state index is -0.812. The fourth-order valence-corrected chi connectivity index (χ4v) is 3.04. The van der Waals surface area contributed by atoms with Crippen molar-refractivity contribution in [3.05, 3.63) is 108 Å². The molecule has 190 valence electrons. The Balaban J connectivity index is 1.63. The van der Waals surface area contributed by atoms with Crippen molar-refractivity contribution in [3.8, 4) is 17.6 Å². The van der Waals surface area contributed by atoms with Crippen molar-refractivity contribution in [1.29, 1.82) is 0 Å². The quantitative estimate of drug-likeness (QED) is 0.132. The lowest BCUT2D eigenvalue weighted by molar-refractivity contribution is -0.160. The molecule has 0 aliphatic carbocycles. The molecule has 3 rings (SSSR count). The van der Waals surface area contributed by atoms with Gasteiger partial charge in [0.25, 0.3) is 0 Å². The molecule has 38 heavy (non-hydrogen) atoms. The minimum Gasteiger partial charge on any atom is -0.425 e. The van der Waals surface area contributed by atoms with Crippen LogP contribution in [0, 0.1) is 17.7 Å². The zero-order valence-corrected chi connectivity index (χ0v) is 20.1. The Morgan fingerprint density at radius 1 is 0.868 bits per heavy atom. The summed E-state index contributed by atoms with van der Waals surface area (Å²) in [7, 11) is 0. The van der Waals surface area contributed by atoms with E-state index in [1.165, 1.54) is 24.3 Å². The van der Waals surface area contributed by atoms with Crippen molar-refractivity contribution < 1.29 is 37.8 Å². The average Bonchev–Trinajstić information content (AvgIpc) is 2.92. The van der Waals surface area contributed by atoms with Crippen molar-refractivity contribution in [1.82, 2.24) is 0 Å². The van der Waals surface area contributed by atoms with Crippen LogP contribution in [0.2, 0.25) is 0 Å². The first kappa shape index (κ1) is 27.3. The van der Waals surface area contributed by atoms with Gasteiger partial charge in [-0.25, -0.2) is 18.8 Å². The lowest BCUT2D eigenvalue weighted by Crippen LogP contribution is -2.09. The maximum atomic E-state index is 14.5. The van der Waals surface area contributed by atoms with Gasteiger partial charge < -0.3 is 14.2 Å². The van der Waals surface area contributed by atoms with E-state index in [0.29, 0.717) is 11.1 Å². The Hall–Kier alpha value is -5.29. The summed E-state index contributed by atoms with van der Waals surface area (Å²) in [5.41, 5.74) is 1.24. The molecule has 0 aliphatic heterocycles. The number of hydrogen-bond acceptors (Lipinski definition) is 7. The number of hydrogen-bond donors (Lipinski definition) is 0. The highest BCUT2D eigenvalue weighted by Gasteiger charge is 2.13. The molecule has 0 unspecified atom stereocenters. The van der Waals surface area contributed by atoms with E-state index in [4.69, 9.17) is 4.74 Å². The molecule has 3 aromatic carbocycles. The van der Waals surface area contributed by atoms with E-state index in [9.17, 15) is 23.6 Å². The van der Waals surface area contributed by atoms with Crippen LogP contribution >= 0.6 is 0 Å². The second-order valence-corrected chi connectivity index (χ2v) is 7.59. The van der Waals surface area contributed by atoms with E-state index >= 15 is 0 Å². The molecule has 3 aromatic rings. The molecule has 0 aliphatic rings. The normalized spacial score (nSPS) is 10.2. The summed E-state index contributed by atoms with van der Waals surface area (Å²) in [6.45, 7) is 6.02. The fraction of sp³-hybridized carbons (Fsp3) is 0.0667. The maximum Gasteiger partial charge on any atom is 0.343 e. The number of fused-ring (bicyclic) bond motifs is 1. The van der Waals surface area contributed by atoms with Crippen LogP contribution < -0.4 is 4.74 Å². The Labute approximate surface area is 217 Å². The molecule has 8 heteroatoms. The van der Waals surface area contributed by atoms with Crippen molar-refractivity contribution in [2.75, 3.05) is 6.79 Å². The topological polar surface area (TPSA) is 96.0 Å². The summed E-state index contributed by atoms with van der Waals surface area (Å²) in [5.74, 6) is 2.13. The second-order valence-electron chi connectivity index (χ2n) is 7.59. The number of halogens is 1. The van der Waals surface area contributed by atoms with Gasteiger partial charge in [-0.3, -0.25) is 4.79 Å². The smallest absolute Gasteiger partial charge is 0.343 e. The number of carbonyl (C=O) groups is 4. The number of benzene rings is 3. The van der Waals surface area contributed by atoms with Gasteiger partial charge in [-0.2, -0.15) is 0 Å². The summed E-state index contributed by atoms with van der Waals surface area (Å²) in [4.78, 5) is 46.4. The highest BCUT2D eigenvalue weighted by atomic mass is 19.1. The molecule has 0 atom stereocenters. The van der Waals surface area contributed by atoms with Crippen molar-refractivity contribution in [3.63, 3.8) is 0 Å². The Morgan fingerprint density at radius 2 is 1.61 bits per heavy atom. The standard InChI is InChI=1S/C30H21FO7/c1-3-25(32)7-5-6-20-8-11-23-18-24(13-12-22(23)16-20)30(35)38-27-14-9-21(17-26(27)31)10-15-29(34)37-19-36-28(33)4-2/h3-4,8-18H,1-2,7,19H2/b15-10+. The number of rotatable bonds is 9. The molecule has 0 N–H and O–H groups in total. The summed E-state index contributed by atoms with van der Waals surface area (Å²) < 4.78 is 28.9. The molecule has 7 nitrogen and oxygen atoms in total. The zero-order chi connectivity index (χ0) is 27.5. The van der Waals surface area contributed by atoms with E-state index < -0.39 is 30.5 Å². The third-order valence-electron chi connectivity index (χ3n) is 4.94. The highest BCUT2D eigenvalue weighted by molar-refractivity contribution is 5.97. The van der Waals surface area contributed by atoms with Crippen LogP contribution in [0.25, 0.3) is 16.8 Å². The van der Waals surface area contributed by atoms with Crippen LogP contribution in [0.3, 0.4) is 0 Å². The number of ketones is 1. The number of ether oxygens (including phenoxy) is 3. The van der Waals surface area contributed by atoms with E-state index in [1.807, 2.05) is 6.07 Å². The third-order valence-corrected chi connectivity index (χ3v) is 4.94. The molecule has 0 saturated heterocycles. The van der Waals surface area contributed by atoms with Crippen LogP contribution in [0.4, 0.5) is 4.39 Å². The van der Waals surface area contributed by atoms with Crippen LogP contribution in [0.1, 0.15) is 27.9 Å². The second kappa shape index (κ2) is 13.1. The lowest BCUT2D eigenvalue weighted by atomic mass is 10.0. The molecule has 0 saturated carbocycles. The van der Waals surface area contributed by atoms with E-state index in [-0.39, 0.29) is 23.5 Å². The van der Waals surface area contributed by atoms with Gasteiger partial charge in [0, 0.05) is 17.7 Å². The van der Waals surface area contributed by atoms with E-state index in [2.05, 4.69) is 34.5 Å². The number of carbonyl (C=O) groups excluding carboxylic acids is 4. The van der Waals surface area contributed by atoms with E-state index in [0.717, 1.165) is 29.0 Å². The maximum absolute atomic E-state index is 14.5. The van der Waals surface area contributed by atoms with Crippen LogP contribution in [-0.4, -0.2) is 30.5 Å². The monoisotopic (exact) mass is 512 g/mol. The van der Waals surface area contributed by atoms with Gasteiger partial charge in [0.05, 0.1) is 12.0 Å². The molecule has 0 amide bonds. The van der Waals surface area contributed by atoms with Gasteiger partial charge in [-0.1, -0.05) is 43.2 Å². The van der Waals surface area contributed by atoms with Gasteiger partial charge in [0.2, 0.25) is 6.79 Å². The van der Waals surface area contributed by atoms with Gasteiger partial charge >= 0.3 is 17.9 Å². The molecule has 0 aromatic heterocycles. The number of esters is 3. The molecular weight excluding hydrogens is 491 g/mol. The number of allylic oxidation sites excluding steroid dienone is 1. The van der Waals surface area contributed by atoms with Gasteiger partial charge in [0.1, 0.15) is 0 Å². The molecule has 0 spiro atoms. The van der Waals surface area contributed by atoms with E-state index in [1.54, 1.807) is 30.3 Å². The van der Waals surface area contributed by atoms with Crippen LogP contribution in [-0.2, 0) is 23.9 Å². The SMILES string of the molecule is C=CC(=O)CC#Cc1ccc2cc(C(=O)Oc3ccc(/C=C/C(=O)OCOC(=O)C=C)cc3F)ccc2c1. The molecule has 0 fully saturated rings. The van der Waals surface area contributed by atoms with Crippen LogP contribution in [0.15, 0.2) is 86.0 Å². The summed E-state index contributed by atoms with van der Waals surface area (Å²) in [6, 6.07) is 14.0. The van der Waals surface area contributed by atoms with Gasteiger partial charge in [-0.15, -0.1) is 0 Å². The first-order valence-electron chi connectivity index (χ1n) is 11.1. The van der Waals surface area contributed by atoms with Crippen LogP contribution in [0.5, 0.6) is 5.75 Å². The average molecular weight is 512 g/mol. The van der Waals surface area contributed by atoms with Crippen molar-refractivity contribution in [2.24, 2.45) is 0 Å². The summed E-state index contributed by atoms with van der Waals surface area (Å²) >= 11 is 0. The predicted molar refractivity (Wildman–Crippen MR) is 138 cm³/mol. The van der Waals surface area contributed by atoms with Gasteiger partial charge in [0.15, 0.2) is 17.3 Å². The Kier molecular flexibility index (Phi) is 9.44. The van der Waals surface area contributed by atoms with Crippen molar-refractivity contribution >= 4 is 40.5 Å². The molecule has 0 heterocycles. The Bertz CT molecular complexity index is 1520. The first-order valence-corrected chi connectivity index (χ1v) is 11.1. The summed E-state index contributed by atoms with van der Waals surface area (Å²) in [6.07, 6.45) is 4.54. The highest BCUT2D eigenvalue weighted by Crippen LogP contribution is 2.22. The molecular formula is C30H21FO7. The third kappa shape index (κ3) is 7.86.